The zero-order chi connectivity index (χ0) is 17.2. The lowest BCUT2D eigenvalue weighted by Gasteiger charge is -2.07. The van der Waals surface area contributed by atoms with E-state index >= 15 is 0 Å². The van der Waals surface area contributed by atoms with E-state index in [0.717, 1.165) is 23.2 Å². The molecule has 2 aromatic rings. The first-order valence-electron chi connectivity index (χ1n) is 7.18. The third-order valence-corrected chi connectivity index (χ3v) is 6.19. The number of sulfone groups is 1. The van der Waals surface area contributed by atoms with E-state index in [9.17, 15) is 13.2 Å². The van der Waals surface area contributed by atoms with Gasteiger partial charge in [0.05, 0.1) is 5.69 Å². The lowest BCUT2D eigenvalue weighted by atomic mass is 10.1. The Balaban J connectivity index is 2.12. The van der Waals surface area contributed by atoms with Crippen LogP contribution in [0.4, 0.5) is 5.13 Å². The average Bonchev–Trinajstić information content (AvgIpc) is 2.79. The van der Waals surface area contributed by atoms with E-state index in [1.54, 1.807) is 0 Å². The number of nitrogens with zero attached hydrogens (tertiary/aromatic N) is 1. The molecule has 0 unspecified atom stereocenters. The third-order valence-electron chi connectivity index (χ3n) is 3.62. The molecule has 0 spiro atoms. The van der Waals surface area contributed by atoms with Crippen LogP contribution in [0.3, 0.4) is 0 Å². The van der Waals surface area contributed by atoms with E-state index in [-0.39, 0.29) is 0 Å². The van der Waals surface area contributed by atoms with Crippen LogP contribution in [0.1, 0.15) is 28.6 Å². The molecular weight excluding hydrogens is 332 g/mol. The molecule has 0 aliphatic heterocycles. The van der Waals surface area contributed by atoms with E-state index in [2.05, 4.69) is 34.6 Å². The SMILES string of the molecule is Cc1ccc(Cc2sc(NC(=O)[C@H](C)S(C)(=O)=O)nc2C)cc1. The van der Waals surface area contributed by atoms with Gasteiger partial charge in [-0.3, -0.25) is 4.79 Å². The minimum absolute atomic E-state index is 0.435. The fourth-order valence-electron chi connectivity index (χ4n) is 1.94. The van der Waals surface area contributed by atoms with Crippen molar-refractivity contribution in [2.75, 3.05) is 11.6 Å². The average molecular weight is 352 g/mol. The van der Waals surface area contributed by atoms with Gasteiger partial charge < -0.3 is 5.32 Å². The highest BCUT2D eigenvalue weighted by atomic mass is 32.2. The van der Waals surface area contributed by atoms with Crippen molar-refractivity contribution in [3.8, 4) is 0 Å². The summed E-state index contributed by atoms with van der Waals surface area (Å²) in [5.74, 6) is -0.553. The maximum atomic E-state index is 12.0. The number of aryl methyl sites for hydroxylation is 2. The molecule has 1 N–H and O–H groups in total. The molecule has 2 rings (SSSR count). The molecule has 1 aromatic carbocycles. The number of nitrogens with one attached hydrogen (secondary N) is 1. The summed E-state index contributed by atoms with van der Waals surface area (Å²) in [6.45, 7) is 5.30. The zero-order valence-electron chi connectivity index (χ0n) is 13.6. The smallest absolute Gasteiger partial charge is 0.244 e. The Labute approximate surface area is 140 Å². The summed E-state index contributed by atoms with van der Waals surface area (Å²) in [7, 11) is -3.41. The van der Waals surface area contributed by atoms with Crippen LogP contribution in [0.2, 0.25) is 0 Å². The quantitative estimate of drug-likeness (QED) is 0.898. The van der Waals surface area contributed by atoms with Gasteiger partial charge in [0.1, 0.15) is 5.25 Å². The topological polar surface area (TPSA) is 76.1 Å². The van der Waals surface area contributed by atoms with Crippen LogP contribution in [0.5, 0.6) is 0 Å². The summed E-state index contributed by atoms with van der Waals surface area (Å²) in [5.41, 5.74) is 3.22. The minimum atomic E-state index is -3.41. The van der Waals surface area contributed by atoms with Crippen LogP contribution >= 0.6 is 11.3 Å². The van der Waals surface area contributed by atoms with Gasteiger partial charge in [0.15, 0.2) is 15.0 Å². The van der Waals surface area contributed by atoms with Crippen LogP contribution in [0, 0.1) is 13.8 Å². The van der Waals surface area contributed by atoms with Crippen LogP contribution in [-0.4, -0.2) is 30.8 Å². The summed E-state index contributed by atoms with van der Waals surface area (Å²) in [6, 6.07) is 8.25. The van der Waals surface area contributed by atoms with Crippen LogP contribution in [0.25, 0.3) is 0 Å². The summed E-state index contributed by atoms with van der Waals surface area (Å²) in [5, 5.41) is 1.94. The lowest BCUT2D eigenvalue weighted by Crippen LogP contribution is -2.31. The van der Waals surface area contributed by atoms with Crippen molar-refractivity contribution in [1.29, 1.82) is 0 Å². The highest BCUT2D eigenvalue weighted by molar-refractivity contribution is 7.92. The Kier molecular flexibility index (Phi) is 5.21. The molecule has 0 radical (unpaired) electrons. The van der Waals surface area contributed by atoms with Crippen molar-refractivity contribution in [2.45, 2.75) is 32.4 Å². The minimum Gasteiger partial charge on any atom is -0.301 e. The predicted molar refractivity (Wildman–Crippen MR) is 93.8 cm³/mol. The Morgan fingerprint density at radius 3 is 2.43 bits per heavy atom. The molecule has 23 heavy (non-hydrogen) atoms. The predicted octanol–water partition coefficient (Wildman–Crippen LogP) is 2.72. The van der Waals surface area contributed by atoms with Crippen molar-refractivity contribution in [2.24, 2.45) is 0 Å². The van der Waals surface area contributed by atoms with Gasteiger partial charge in [-0.15, -0.1) is 11.3 Å². The highest BCUT2D eigenvalue weighted by Gasteiger charge is 2.24. The zero-order valence-corrected chi connectivity index (χ0v) is 15.2. The van der Waals surface area contributed by atoms with E-state index < -0.39 is 21.0 Å². The number of hydrogen-bond donors (Lipinski definition) is 1. The first-order chi connectivity index (χ1) is 10.7. The Morgan fingerprint density at radius 1 is 1.26 bits per heavy atom. The summed E-state index contributed by atoms with van der Waals surface area (Å²) in [6.07, 6.45) is 1.79. The first kappa shape index (κ1) is 17.6. The molecule has 0 aliphatic carbocycles. The van der Waals surface area contributed by atoms with E-state index in [1.807, 2.05) is 13.8 Å². The maximum absolute atomic E-state index is 12.0. The molecule has 0 bridgehead atoms. The van der Waals surface area contributed by atoms with Crippen molar-refractivity contribution in [3.05, 3.63) is 46.0 Å². The van der Waals surface area contributed by atoms with Gasteiger partial charge in [0.25, 0.3) is 0 Å². The second-order valence-electron chi connectivity index (χ2n) is 5.65. The molecule has 124 valence electrons. The number of thiazole rings is 1. The van der Waals surface area contributed by atoms with Gasteiger partial charge in [-0.05, 0) is 26.3 Å². The number of benzene rings is 1. The van der Waals surface area contributed by atoms with Crippen LogP contribution < -0.4 is 5.32 Å². The van der Waals surface area contributed by atoms with E-state index in [1.165, 1.54) is 29.4 Å². The first-order valence-corrected chi connectivity index (χ1v) is 9.95. The number of carbonyl (C=O) groups is 1. The molecule has 5 nitrogen and oxygen atoms in total. The molecule has 0 saturated carbocycles. The number of hydrogen-bond acceptors (Lipinski definition) is 5. The number of anilines is 1. The Bertz CT molecular complexity index is 808. The number of rotatable bonds is 5. The van der Waals surface area contributed by atoms with E-state index in [0.29, 0.717) is 5.13 Å². The van der Waals surface area contributed by atoms with Gasteiger partial charge in [0.2, 0.25) is 5.91 Å². The van der Waals surface area contributed by atoms with Crippen molar-refractivity contribution in [1.82, 2.24) is 4.98 Å². The van der Waals surface area contributed by atoms with Gasteiger partial charge in [-0.25, -0.2) is 13.4 Å². The van der Waals surface area contributed by atoms with Crippen LogP contribution in [-0.2, 0) is 21.1 Å². The standard InChI is InChI=1S/C16H20N2O3S2/c1-10-5-7-13(8-6-10)9-14-11(2)17-16(22-14)18-15(19)12(3)23(4,20)21/h5-8,12H,9H2,1-4H3,(H,17,18,19)/t12-/m0/s1. The second-order valence-corrected chi connectivity index (χ2v) is 9.10. The third kappa shape index (κ3) is 4.62. The summed E-state index contributed by atoms with van der Waals surface area (Å²) in [4.78, 5) is 17.3. The summed E-state index contributed by atoms with van der Waals surface area (Å²) >= 11 is 1.38. The molecule has 1 atom stereocenters. The molecule has 1 amide bonds. The molecule has 0 aliphatic rings. The van der Waals surface area contributed by atoms with Gasteiger partial charge in [-0.2, -0.15) is 0 Å². The Morgan fingerprint density at radius 2 is 1.87 bits per heavy atom. The fourth-order valence-corrected chi connectivity index (χ4v) is 3.39. The molecular formula is C16H20N2O3S2. The largest absolute Gasteiger partial charge is 0.301 e. The van der Waals surface area contributed by atoms with Crippen molar-refractivity contribution in [3.63, 3.8) is 0 Å². The molecule has 0 saturated heterocycles. The fraction of sp³-hybridized carbons (Fsp3) is 0.375. The molecule has 1 aromatic heterocycles. The number of amides is 1. The molecule has 0 fully saturated rings. The summed E-state index contributed by atoms with van der Waals surface area (Å²) < 4.78 is 22.9. The molecule has 1 heterocycles. The number of aromatic nitrogens is 1. The normalized spacial score (nSPS) is 12.9. The maximum Gasteiger partial charge on any atom is 0.244 e. The number of carbonyl (C=O) groups excluding carboxylic acids is 1. The monoisotopic (exact) mass is 352 g/mol. The van der Waals surface area contributed by atoms with Crippen molar-refractivity contribution < 1.29 is 13.2 Å². The Hall–Kier alpha value is -1.73. The van der Waals surface area contributed by atoms with Gasteiger partial charge >= 0.3 is 0 Å². The van der Waals surface area contributed by atoms with Gasteiger partial charge in [0, 0.05) is 17.6 Å². The van der Waals surface area contributed by atoms with E-state index in [4.69, 9.17) is 0 Å². The highest BCUT2D eigenvalue weighted by Crippen LogP contribution is 2.25. The molecule has 7 heteroatoms. The lowest BCUT2D eigenvalue weighted by molar-refractivity contribution is -0.115. The second kappa shape index (κ2) is 6.80. The van der Waals surface area contributed by atoms with Crippen molar-refractivity contribution >= 4 is 32.2 Å². The van der Waals surface area contributed by atoms with Crippen LogP contribution in [0.15, 0.2) is 24.3 Å². The van der Waals surface area contributed by atoms with Gasteiger partial charge in [-0.1, -0.05) is 29.8 Å².